The molecule has 0 aliphatic carbocycles. The number of amides is 2. The molecule has 2 heterocycles. The Labute approximate surface area is 239 Å². The summed E-state index contributed by atoms with van der Waals surface area (Å²) in [7, 11) is -8.42. The molecule has 40 heavy (non-hydrogen) atoms. The lowest BCUT2D eigenvalue weighted by atomic mass is 10.0. The molecule has 2 amide bonds. The zero-order valence-corrected chi connectivity index (χ0v) is 24.2. The molecule has 1 aliphatic rings. The number of hydrogen-bond acceptors (Lipinski definition) is 7. The van der Waals surface area contributed by atoms with E-state index in [4.69, 9.17) is 22.5 Å². The molecule has 3 aromatic rings. The van der Waals surface area contributed by atoms with Crippen LogP contribution in [-0.4, -0.2) is 52.1 Å². The van der Waals surface area contributed by atoms with Crippen molar-refractivity contribution < 1.29 is 30.8 Å². The van der Waals surface area contributed by atoms with E-state index in [9.17, 15) is 26.4 Å². The molecule has 15 heteroatoms. The van der Waals surface area contributed by atoms with Crippen LogP contribution in [0.1, 0.15) is 18.2 Å². The van der Waals surface area contributed by atoms with Gasteiger partial charge in [0, 0.05) is 17.0 Å². The van der Waals surface area contributed by atoms with E-state index in [1.807, 2.05) is 0 Å². The van der Waals surface area contributed by atoms with E-state index in [-0.39, 0.29) is 34.7 Å². The zero-order valence-electron chi connectivity index (χ0n) is 21.0. The van der Waals surface area contributed by atoms with Crippen molar-refractivity contribution in [1.82, 2.24) is 4.31 Å². The minimum atomic E-state index is -4.33. The summed E-state index contributed by atoms with van der Waals surface area (Å²) in [5.41, 5.74) is 5.90. The number of anilines is 1. The number of benzene rings is 2. The zero-order chi connectivity index (χ0) is 29.4. The predicted octanol–water partition coefficient (Wildman–Crippen LogP) is 3.14. The fourth-order valence-corrected chi connectivity index (χ4v) is 7.84. The first kappa shape index (κ1) is 29.8. The second kappa shape index (κ2) is 11.4. The van der Waals surface area contributed by atoms with Crippen LogP contribution in [0.5, 0.6) is 0 Å². The molecule has 2 aromatic carbocycles. The fourth-order valence-electron chi connectivity index (χ4n) is 4.42. The molecule has 1 aliphatic heterocycles. The lowest BCUT2D eigenvalue weighted by Gasteiger charge is -2.25. The third-order valence-electron chi connectivity index (χ3n) is 6.19. The van der Waals surface area contributed by atoms with Crippen LogP contribution < -0.4 is 15.8 Å². The van der Waals surface area contributed by atoms with E-state index in [1.54, 1.807) is 25.1 Å². The van der Waals surface area contributed by atoms with E-state index < -0.39 is 50.3 Å². The van der Waals surface area contributed by atoms with Crippen LogP contribution >= 0.6 is 22.9 Å². The van der Waals surface area contributed by atoms with Gasteiger partial charge in [0.15, 0.2) is 0 Å². The van der Waals surface area contributed by atoms with E-state index in [1.165, 1.54) is 30.3 Å². The van der Waals surface area contributed by atoms with Gasteiger partial charge >= 0.3 is 0 Å². The molecule has 1 fully saturated rings. The SMILES string of the molecule is C/C(=C/S(=O)(=O)N(CC(N)=O)[C@H]1CCN(c2ccc(-c3ccccc3S(N)(=O)=O)cc2F)C1=O)c1ccc(Cl)s1. The average Bonchev–Trinajstić information content (AvgIpc) is 3.47. The topological polar surface area (TPSA) is 161 Å². The molecule has 1 aromatic heterocycles. The van der Waals surface area contributed by atoms with Gasteiger partial charge in [-0.15, -0.1) is 11.3 Å². The third-order valence-corrected chi connectivity index (χ3v) is 10.2. The van der Waals surface area contributed by atoms with E-state index >= 15 is 4.39 Å². The van der Waals surface area contributed by atoms with Gasteiger partial charge in [0.25, 0.3) is 0 Å². The summed E-state index contributed by atoms with van der Waals surface area (Å²) < 4.78 is 67.1. The number of rotatable bonds is 9. The predicted molar refractivity (Wildman–Crippen MR) is 152 cm³/mol. The molecule has 10 nitrogen and oxygen atoms in total. The summed E-state index contributed by atoms with van der Waals surface area (Å²) in [6.45, 7) is 0.755. The van der Waals surface area contributed by atoms with Crippen molar-refractivity contribution in [3.05, 3.63) is 75.0 Å². The van der Waals surface area contributed by atoms with Gasteiger partial charge in [0.05, 0.1) is 26.9 Å². The second-order valence-corrected chi connectivity index (χ2v) is 13.9. The first-order chi connectivity index (χ1) is 18.7. The third kappa shape index (κ3) is 6.27. The summed E-state index contributed by atoms with van der Waals surface area (Å²) in [5.74, 6) is -2.55. The van der Waals surface area contributed by atoms with Crippen LogP contribution in [0.4, 0.5) is 10.1 Å². The minimum Gasteiger partial charge on any atom is -0.369 e. The van der Waals surface area contributed by atoms with Crippen molar-refractivity contribution in [2.75, 3.05) is 18.0 Å². The van der Waals surface area contributed by atoms with Gasteiger partial charge < -0.3 is 10.6 Å². The van der Waals surface area contributed by atoms with E-state index in [2.05, 4.69) is 0 Å². The number of thiophene rings is 1. The lowest BCUT2D eigenvalue weighted by Crippen LogP contribution is -2.48. The molecule has 0 saturated carbocycles. The maximum absolute atomic E-state index is 15.3. The number of primary amides is 1. The Balaban J connectivity index is 1.65. The van der Waals surface area contributed by atoms with E-state index in [0.717, 1.165) is 27.7 Å². The first-order valence-corrected chi connectivity index (χ1v) is 15.9. The molecule has 4 rings (SSSR count). The summed E-state index contributed by atoms with van der Waals surface area (Å²) in [4.78, 5) is 26.7. The lowest BCUT2D eigenvalue weighted by molar-refractivity contribution is -0.122. The van der Waals surface area contributed by atoms with Gasteiger partial charge in [0.1, 0.15) is 11.9 Å². The number of halogens is 2. The number of nitrogens with zero attached hydrogens (tertiary/aromatic N) is 2. The molecule has 212 valence electrons. The highest BCUT2D eigenvalue weighted by atomic mass is 35.5. The van der Waals surface area contributed by atoms with Crippen LogP contribution in [0.3, 0.4) is 0 Å². The maximum atomic E-state index is 15.3. The molecule has 0 spiro atoms. The van der Waals surface area contributed by atoms with Crippen LogP contribution in [0.15, 0.2) is 64.9 Å². The molecular formula is C25H24ClFN4O6S3. The van der Waals surface area contributed by atoms with Crippen molar-refractivity contribution in [2.45, 2.75) is 24.3 Å². The monoisotopic (exact) mass is 626 g/mol. The van der Waals surface area contributed by atoms with Crippen molar-refractivity contribution in [3.8, 4) is 11.1 Å². The van der Waals surface area contributed by atoms with Crippen molar-refractivity contribution in [2.24, 2.45) is 10.9 Å². The minimum absolute atomic E-state index is 0.0293. The highest BCUT2D eigenvalue weighted by molar-refractivity contribution is 7.92. The van der Waals surface area contributed by atoms with Crippen LogP contribution in [0.25, 0.3) is 16.7 Å². The quantitative estimate of drug-likeness (QED) is 0.371. The Morgan fingerprint density at radius 1 is 1.18 bits per heavy atom. The van der Waals surface area contributed by atoms with Gasteiger partial charge in [-0.25, -0.2) is 26.4 Å². The van der Waals surface area contributed by atoms with Crippen LogP contribution in [0.2, 0.25) is 4.34 Å². The molecule has 0 radical (unpaired) electrons. The van der Waals surface area contributed by atoms with Crippen molar-refractivity contribution in [3.63, 3.8) is 0 Å². The smallest absolute Gasteiger partial charge is 0.245 e. The molecule has 4 N–H and O–H groups in total. The van der Waals surface area contributed by atoms with Gasteiger partial charge in [-0.1, -0.05) is 35.9 Å². The van der Waals surface area contributed by atoms with E-state index in [0.29, 0.717) is 19.1 Å². The molecule has 0 unspecified atom stereocenters. The number of carbonyl (C=O) groups is 2. The fraction of sp³-hybridized carbons (Fsp3) is 0.200. The largest absolute Gasteiger partial charge is 0.369 e. The Morgan fingerprint density at radius 3 is 2.48 bits per heavy atom. The Bertz CT molecular complexity index is 1740. The summed E-state index contributed by atoms with van der Waals surface area (Å²) in [6.07, 6.45) is -0.0293. The average molecular weight is 627 g/mol. The number of carbonyl (C=O) groups excluding carboxylic acids is 2. The highest BCUT2D eigenvalue weighted by Gasteiger charge is 2.42. The summed E-state index contributed by atoms with van der Waals surface area (Å²) >= 11 is 7.11. The summed E-state index contributed by atoms with van der Waals surface area (Å²) in [5, 5.41) is 6.22. The Morgan fingerprint density at radius 2 is 1.88 bits per heavy atom. The number of sulfonamides is 2. The van der Waals surface area contributed by atoms with Gasteiger partial charge in [-0.2, -0.15) is 4.31 Å². The normalized spacial score (nSPS) is 16.6. The standard InChI is InChI=1S/C25H24ClFN4O6S3/c1-15(21-8-9-23(26)38-21)14-39(34,35)31(13-24(28)32)20-10-11-30(25(20)33)19-7-6-16(12-18(19)27)17-4-2-3-5-22(17)40(29,36)37/h2-9,12,14,20H,10-11,13H2,1H3,(H2,28,32)(H2,29,36,37)/b15-14-/t20-/m0/s1. The number of hydrogen-bond donors (Lipinski definition) is 2. The van der Waals surface area contributed by atoms with Crippen LogP contribution in [0, 0.1) is 5.82 Å². The molecular weight excluding hydrogens is 603 g/mol. The second-order valence-electron chi connectivity index (χ2n) is 8.96. The van der Waals surface area contributed by atoms with Crippen molar-refractivity contribution >= 4 is 66.1 Å². The maximum Gasteiger partial charge on any atom is 0.245 e. The highest BCUT2D eigenvalue weighted by Crippen LogP contribution is 2.34. The van der Waals surface area contributed by atoms with Crippen LogP contribution in [-0.2, 0) is 29.6 Å². The molecule has 0 bridgehead atoms. The molecule has 1 atom stereocenters. The van der Waals surface area contributed by atoms with Gasteiger partial charge in [0.2, 0.25) is 31.9 Å². The number of primary sulfonamides is 1. The number of allylic oxidation sites excluding steroid dienone is 1. The Kier molecular flexibility index (Phi) is 8.49. The first-order valence-electron chi connectivity index (χ1n) is 11.7. The Hall–Kier alpha value is -3.14. The van der Waals surface area contributed by atoms with Crippen molar-refractivity contribution in [1.29, 1.82) is 0 Å². The summed E-state index contributed by atoms with van der Waals surface area (Å²) in [6, 6.07) is 11.5. The number of nitrogens with two attached hydrogens (primary N) is 2. The molecule has 1 saturated heterocycles. The van der Waals surface area contributed by atoms with Gasteiger partial charge in [-0.05, 0) is 54.8 Å². The van der Waals surface area contributed by atoms with Gasteiger partial charge in [-0.3, -0.25) is 9.59 Å².